The van der Waals surface area contributed by atoms with E-state index in [2.05, 4.69) is 28.6 Å². The van der Waals surface area contributed by atoms with E-state index in [0.29, 0.717) is 18.8 Å². The van der Waals surface area contributed by atoms with E-state index in [1.807, 2.05) is 6.92 Å². The van der Waals surface area contributed by atoms with Gasteiger partial charge in [-0.1, -0.05) is 26.0 Å². The van der Waals surface area contributed by atoms with Gasteiger partial charge in [-0.2, -0.15) is 0 Å². The predicted octanol–water partition coefficient (Wildman–Crippen LogP) is 2.03. The molecular weight excluding hydrogens is 432 g/mol. The fourth-order valence-electron chi connectivity index (χ4n) is 2.97. The molecule has 3 atom stereocenters. The first-order valence-electron chi connectivity index (χ1n) is 10.4. The summed E-state index contributed by atoms with van der Waals surface area (Å²) in [4.78, 5) is 37.5. The van der Waals surface area contributed by atoms with Gasteiger partial charge in [-0.15, -0.1) is 12.6 Å². The van der Waals surface area contributed by atoms with Crippen LogP contribution in [0.3, 0.4) is 0 Å². The normalized spacial score (nSPS) is 14.1. The Kier molecular flexibility index (Phi) is 11.6. The van der Waals surface area contributed by atoms with E-state index in [1.165, 1.54) is 10.3 Å². The highest BCUT2D eigenvalue weighted by Crippen LogP contribution is 2.26. The molecule has 0 aliphatic heterocycles. The van der Waals surface area contributed by atoms with Crippen LogP contribution >= 0.6 is 12.6 Å². The number of carbonyl (C=O) groups is 3. The number of benzene rings is 1. The molecular formula is C22H34N4O5S. The molecule has 0 saturated heterocycles. The van der Waals surface area contributed by atoms with Crippen LogP contribution in [0.25, 0.3) is 0 Å². The van der Waals surface area contributed by atoms with Crippen molar-refractivity contribution in [3.8, 4) is 5.75 Å². The van der Waals surface area contributed by atoms with Crippen LogP contribution in [0, 0.1) is 5.92 Å². The zero-order valence-electron chi connectivity index (χ0n) is 19.2. The van der Waals surface area contributed by atoms with Gasteiger partial charge in [0.1, 0.15) is 11.4 Å². The Balaban J connectivity index is 2.96. The molecule has 0 fully saturated rings. The summed E-state index contributed by atoms with van der Waals surface area (Å²) in [5.41, 5.74) is 1.15. The molecule has 1 unspecified atom stereocenters. The van der Waals surface area contributed by atoms with Gasteiger partial charge in [-0.25, -0.2) is 4.79 Å². The quantitative estimate of drug-likeness (QED) is 0.236. The molecule has 1 rings (SSSR count). The van der Waals surface area contributed by atoms with Gasteiger partial charge < -0.3 is 30.7 Å². The van der Waals surface area contributed by atoms with E-state index in [1.54, 1.807) is 52.3 Å². The van der Waals surface area contributed by atoms with Crippen molar-refractivity contribution in [1.29, 1.82) is 0 Å². The van der Waals surface area contributed by atoms with Crippen molar-refractivity contribution < 1.29 is 24.2 Å². The minimum Gasteiger partial charge on any atom is -0.481 e. The number of hydrogen-bond donors (Lipinski definition) is 5. The molecule has 0 heterocycles. The van der Waals surface area contributed by atoms with Crippen LogP contribution in [-0.2, 0) is 9.59 Å². The number of rotatable bonds is 12. The van der Waals surface area contributed by atoms with Crippen molar-refractivity contribution in [2.45, 2.75) is 32.2 Å². The number of thiol groups is 1. The summed E-state index contributed by atoms with van der Waals surface area (Å²) in [6, 6.07) is 6.54. The highest BCUT2D eigenvalue weighted by atomic mass is 32.1. The molecule has 0 spiro atoms. The maximum Gasteiger partial charge on any atom is 0.415 e. The van der Waals surface area contributed by atoms with E-state index in [0.717, 1.165) is 5.56 Å². The zero-order chi connectivity index (χ0) is 24.3. The molecule has 0 aromatic heterocycles. The lowest BCUT2D eigenvalue weighted by Gasteiger charge is -2.27. The van der Waals surface area contributed by atoms with Crippen molar-refractivity contribution in [3.63, 3.8) is 0 Å². The SMILES string of the molecule is CNCCN(C)C(=O)Oc1ccc([C@H](C)C(C[C@H](C)C(=O)O)NC(=O)/C(=C/S)NC)cc1. The highest BCUT2D eigenvalue weighted by Gasteiger charge is 2.27. The summed E-state index contributed by atoms with van der Waals surface area (Å²) in [5.74, 6) is -1.74. The third-order valence-corrected chi connectivity index (χ3v) is 5.47. The molecule has 2 amide bonds. The van der Waals surface area contributed by atoms with Gasteiger partial charge in [0.15, 0.2) is 0 Å². The number of nitrogens with zero attached hydrogens (tertiary/aromatic N) is 1. The van der Waals surface area contributed by atoms with Crippen LogP contribution in [0.1, 0.15) is 31.7 Å². The fraction of sp³-hybridized carbons (Fsp3) is 0.500. The third kappa shape index (κ3) is 8.43. The number of carbonyl (C=O) groups excluding carboxylic acids is 2. The first kappa shape index (κ1) is 27.3. The Labute approximate surface area is 195 Å². The highest BCUT2D eigenvalue weighted by molar-refractivity contribution is 7.83. The molecule has 4 N–H and O–H groups in total. The number of amides is 2. The molecule has 10 heteroatoms. The van der Waals surface area contributed by atoms with Crippen LogP contribution in [0.4, 0.5) is 4.79 Å². The molecule has 32 heavy (non-hydrogen) atoms. The Morgan fingerprint density at radius 2 is 1.81 bits per heavy atom. The Hall–Kier alpha value is -2.72. The summed E-state index contributed by atoms with van der Waals surface area (Å²) in [6.45, 7) is 4.69. The largest absolute Gasteiger partial charge is 0.481 e. The standard InChI is InChI=1S/C22H34N4O5S/c1-14(21(28)29)12-18(25-20(27)19(13-32)24-4)15(2)16-6-8-17(9-7-16)31-22(30)26(5)11-10-23-3/h6-9,13-15,18,23-24,32H,10-12H2,1-5H3,(H,25,27)(H,28,29)/b19-13-/t14-,15-,18?/m0/s1. The monoisotopic (exact) mass is 466 g/mol. The molecule has 0 radical (unpaired) electrons. The maximum atomic E-state index is 12.5. The summed E-state index contributed by atoms with van der Waals surface area (Å²) < 4.78 is 5.38. The van der Waals surface area contributed by atoms with E-state index < -0.39 is 24.0 Å². The van der Waals surface area contributed by atoms with Gasteiger partial charge in [0.2, 0.25) is 0 Å². The lowest BCUT2D eigenvalue weighted by molar-refractivity contribution is -0.141. The van der Waals surface area contributed by atoms with Crippen LogP contribution in [0.5, 0.6) is 5.75 Å². The molecule has 1 aromatic carbocycles. The lowest BCUT2D eigenvalue weighted by Crippen LogP contribution is -2.42. The third-order valence-electron chi connectivity index (χ3n) is 5.21. The van der Waals surface area contributed by atoms with Crippen LogP contribution in [0.15, 0.2) is 35.4 Å². The Morgan fingerprint density at radius 1 is 1.19 bits per heavy atom. The van der Waals surface area contributed by atoms with Crippen LogP contribution < -0.4 is 20.7 Å². The van der Waals surface area contributed by atoms with Crippen molar-refractivity contribution in [2.75, 3.05) is 34.2 Å². The van der Waals surface area contributed by atoms with Gasteiger partial charge in [-0.3, -0.25) is 9.59 Å². The van der Waals surface area contributed by atoms with E-state index in [4.69, 9.17) is 4.74 Å². The number of carboxylic acid groups (broad SMARTS) is 1. The molecule has 0 aliphatic rings. The summed E-state index contributed by atoms with van der Waals surface area (Å²) in [6.07, 6.45) is -0.210. The Bertz CT molecular complexity index is 800. The van der Waals surface area contributed by atoms with Crippen LogP contribution in [0.2, 0.25) is 0 Å². The second-order valence-electron chi connectivity index (χ2n) is 7.60. The molecule has 178 valence electrons. The lowest BCUT2D eigenvalue weighted by atomic mass is 9.87. The number of aliphatic carboxylic acids is 1. The molecule has 1 aromatic rings. The predicted molar refractivity (Wildman–Crippen MR) is 127 cm³/mol. The molecule has 0 aliphatic carbocycles. The summed E-state index contributed by atoms with van der Waals surface area (Å²) in [7, 11) is 5.07. The number of nitrogens with one attached hydrogen (secondary N) is 3. The van der Waals surface area contributed by atoms with Crippen LogP contribution in [-0.4, -0.2) is 68.3 Å². The average molecular weight is 467 g/mol. The molecule has 0 bridgehead atoms. The summed E-state index contributed by atoms with van der Waals surface area (Å²) in [5, 5.41) is 19.3. The minimum atomic E-state index is -0.931. The Morgan fingerprint density at radius 3 is 2.31 bits per heavy atom. The smallest absolute Gasteiger partial charge is 0.415 e. The van der Waals surface area contributed by atoms with Crippen molar-refractivity contribution in [3.05, 3.63) is 40.9 Å². The molecule has 0 saturated carbocycles. The van der Waals surface area contributed by atoms with E-state index >= 15 is 0 Å². The van der Waals surface area contributed by atoms with E-state index in [-0.39, 0.29) is 23.9 Å². The number of carboxylic acids is 1. The fourth-order valence-corrected chi connectivity index (χ4v) is 3.22. The van der Waals surface area contributed by atoms with Gasteiger partial charge in [-0.05, 0) is 36.6 Å². The van der Waals surface area contributed by atoms with Gasteiger partial charge in [0.25, 0.3) is 5.91 Å². The minimum absolute atomic E-state index is 0.193. The van der Waals surface area contributed by atoms with Gasteiger partial charge in [0.05, 0.1) is 5.92 Å². The number of ether oxygens (including phenoxy) is 1. The van der Waals surface area contributed by atoms with Crippen molar-refractivity contribution in [2.24, 2.45) is 5.92 Å². The summed E-state index contributed by atoms with van der Waals surface area (Å²) >= 11 is 4.03. The average Bonchev–Trinajstić information content (AvgIpc) is 2.77. The number of likely N-dealkylation sites (N-methyl/N-ethyl adjacent to an activating group) is 3. The van der Waals surface area contributed by atoms with E-state index in [9.17, 15) is 19.5 Å². The first-order chi connectivity index (χ1) is 15.1. The zero-order valence-corrected chi connectivity index (χ0v) is 20.1. The maximum absolute atomic E-state index is 12.5. The second-order valence-corrected chi connectivity index (χ2v) is 7.86. The van der Waals surface area contributed by atoms with Crippen molar-refractivity contribution in [1.82, 2.24) is 20.9 Å². The topological polar surface area (TPSA) is 120 Å². The first-order valence-corrected chi connectivity index (χ1v) is 10.9. The van der Waals surface area contributed by atoms with Crippen molar-refractivity contribution >= 4 is 30.6 Å². The number of hydrogen-bond acceptors (Lipinski definition) is 7. The van der Waals surface area contributed by atoms with Gasteiger partial charge >= 0.3 is 12.1 Å². The second kappa shape index (κ2) is 13.6. The van der Waals surface area contributed by atoms with Gasteiger partial charge in [0, 0.05) is 39.1 Å². The molecule has 9 nitrogen and oxygen atoms in total.